The number of hydrogen-bond donors (Lipinski definition) is 1. The quantitative estimate of drug-likeness (QED) is 0.376. The van der Waals surface area contributed by atoms with E-state index in [2.05, 4.69) is 17.3 Å². The monoisotopic (exact) mass is 568 g/mol. The highest BCUT2D eigenvalue weighted by atomic mass is 32.2. The van der Waals surface area contributed by atoms with Crippen molar-refractivity contribution in [2.75, 3.05) is 58.8 Å². The smallest absolute Gasteiger partial charge is 0.298 e. The molecular formula is C29H37FN6O3S. The molecule has 3 aromatic rings. The molecule has 214 valence electrons. The van der Waals surface area contributed by atoms with Gasteiger partial charge in [0.15, 0.2) is 5.82 Å². The van der Waals surface area contributed by atoms with E-state index >= 15 is 0 Å². The molecule has 1 N–H and O–H groups in total. The van der Waals surface area contributed by atoms with Crippen LogP contribution in [-0.4, -0.2) is 87.1 Å². The Bertz CT molecular complexity index is 1480. The van der Waals surface area contributed by atoms with Gasteiger partial charge in [-0.05, 0) is 74.8 Å². The summed E-state index contributed by atoms with van der Waals surface area (Å²) in [5.41, 5.74) is 2.36. The van der Waals surface area contributed by atoms with E-state index in [1.54, 1.807) is 22.9 Å². The van der Waals surface area contributed by atoms with Gasteiger partial charge in [0.25, 0.3) is 5.56 Å². The highest BCUT2D eigenvalue weighted by molar-refractivity contribution is 7.89. The average molecular weight is 569 g/mol. The lowest BCUT2D eigenvalue weighted by atomic mass is 10.1. The van der Waals surface area contributed by atoms with Crippen LogP contribution in [0.15, 0.2) is 64.4 Å². The lowest BCUT2D eigenvalue weighted by molar-refractivity contribution is 0.311. The van der Waals surface area contributed by atoms with Gasteiger partial charge in [-0.3, -0.25) is 9.36 Å². The van der Waals surface area contributed by atoms with E-state index in [1.807, 2.05) is 17.0 Å². The molecule has 2 heterocycles. The van der Waals surface area contributed by atoms with Gasteiger partial charge in [0, 0.05) is 64.1 Å². The minimum absolute atomic E-state index is 0.174. The van der Waals surface area contributed by atoms with Crippen LogP contribution in [0.2, 0.25) is 0 Å². The normalized spacial score (nSPS) is 19.8. The Morgan fingerprint density at radius 2 is 1.70 bits per heavy atom. The molecule has 1 aliphatic carbocycles. The molecular weight excluding hydrogens is 531 g/mol. The van der Waals surface area contributed by atoms with Gasteiger partial charge in [-0.15, -0.1) is 0 Å². The van der Waals surface area contributed by atoms with Crippen molar-refractivity contribution in [1.29, 1.82) is 0 Å². The van der Waals surface area contributed by atoms with Crippen molar-refractivity contribution in [2.24, 2.45) is 0 Å². The van der Waals surface area contributed by atoms with Gasteiger partial charge < -0.3 is 15.1 Å². The molecule has 1 aliphatic heterocycles. The van der Waals surface area contributed by atoms with Crippen molar-refractivity contribution in [3.63, 3.8) is 0 Å². The number of likely N-dealkylation sites (N-methyl/N-ethyl adjacent to an activating group) is 1. The maximum Gasteiger partial charge on any atom is 0.298 e. The molecule has 2 atom stereocenters. The second kappa shape index (κ2) is 11.8. The van der Waals surface area contributed by atoms with Gasteiger partial charge >= 0.3 is 0 Å². The second-order valence-electron chi connectivity index (χ2n) is 10.9. The topological polar surface area (TPSA) is 90.8 Å². The highest BCUT2D eigenvalue weighted by Crippen LogP contribution is 2.40. The van der Waals surface area contributed by atoms with Gasteiger partial charge in [0.2, 0.25) is 10.0 Å². The van der Waals surface area contributed by atoms with E-state index in [9.17, 15) is 17.6 Å². The molecule has 1 saturated heterocycles. The molecule has 9 nitrogen and oxygen atoms in total. The molecule has 0 amide bonds. The summed E-state index contributed by atoms with van der Waals surface area (Å²) in [5.74, 6) is 0.638. The fraction of sp³-hybridized carbons (Fsp3) is 0.448. The van der Waals surface area contributed by atoms with Crippen LogP contribution in [0, 0.1) is 5.82 Å². The van der Waals surface area contributed by atoms with E-state index in [4.69, 9.17) is 4.98 Å². The van der Waals surface area contributed by atoms with Crippen molar-refractivity contribution >= 4 is 15.8 Å². The number of anilines is 1. The first kappa shape index (κ1) is 28.4. The summed E-state index contributed by atoms with van der Waals surface area (Å²) in [5, 5.41) is 3.59. The zero-order chi connectivity index (χ0) is 28.4. The van der Waals surface area contributed by atoms with E-state index in [0.29, 0.717) is 29.9 Å². The number of halogens is 1. The van der Waals surface area contributed by atoms with Gasteiger partial charge in [0.1, 0.15) is 5.82 Å². The fourth-order valence-electron chi connectivity index (χ4n) is 5.11. The first-order valence-electron chi connectivity index (χ1n) is 13.7. The molecule has 2 aliphatic rings. The highest BCUT2D eigenvalue weighted by Gasteiger charge is 2.37. The number of sulfonamides is 1. The van der Waals surface area contributed by atoms with Crippen molar-refractivity contribution in [3.8, 4) is 5.69 Å². The number of nitrogens with zero attached hydrogens (tertiary/aromatic N) is 5. The van der Waals surface area contributed by atoms with Crippen LogP contribution in [0.1, 0.15) is 30.0 Å². The predicted molar refractivity (Wildman–Crippen MR) is 154 cm³/mol. The van der Waals surface area contributed by atoms with Crippen LogP contribution in [0.25, 0.3) is 5.69 Å². The van der Waals surface area contributed by atoms with Crippen molar-refractivity contribution in [2.45, 2.75) is 36.1 Å². The van der Waals surface area contributed by atoms with E-state index in [0.717, 1.165) is 56.8 Å². The summed E-state index contributed by atoms with van der Waals surface area (Å²) in [4.78, 5) is 22.8. The second-order valence-corrected chi connectivity index (χ2v) is 13.0. The summed E-state index contributed by atoms with van der Waals surface area (Å²) in [6.07, 6.45) is 4.35. The summed E-state index contributed by atoms with van der Waals surface area (Å²) < 4.78 is 41.0. The van der Waals surface area contributed by atoms with E-state index in [-0.39, 0.29) is 16.3 Å². The van der Waals surface area contributed by atoms with E-state index < -0.39 is 10.0 Å². The molecule has 2 aromatic carbocycles. The minimum atomic E-state index is -3.57. The number of hydrogen-bond acceptors (Lipinski definition) is 7. The number of nitrogens with one attached hydrogen (secondary N) is 1. The van der Waals surface area contributed by atoms with Crippen LogP contribution in [0.3, 0.4) is 0 Å². The SMILES string of the molecule is CN1CCN(c2nc(CCCN[C@@H]3C[C@H]3c3ccc(F)cc3)cn(-c3ccc(S(=O)(=O)N(C)C)cc3)c2=O)CC1. The molecule has 5 rings (SSSR count). The summed E-state index contributed by atoms with van der Waals surface area (Å²) in [7, 11) is 1.48. The fourth-order valence-corrected chi connectivity index (χ4v) is 6.01. The molecule has 0 radical (unpaired) electrons. The lowest BCUT2D eigenvalue weighted by Crippen LogP contribution is -2.47. The molecule has 0 unspecified atom stereocenters. The molecule has 0 spiro atoms. The maximum absolute atomic E-state index is 13.6. The molecule has 11 heteroatoms. The zero-order valence-corrected chi connectivity index (χ0v) is 24.1. The standard InChI is InChI=1S/C29H37FN6O3S/c1-33(2)40(38,39)25-12-10-24(11-13-25)36-20-23(32-28(29(36)37)35-17-15-34(3)16-18-35)5-4-14-31-27-19-26(27)21-6-8-22(30)9-7-21/h6-13,20,26-27,31H,4-5,14-19H2,1-3H3/t26-,27+/m0/s1. The molecule has 2 fully saturated rings. The average Bonchev–Trinajstić information content (AvgIpc) is 3.72. The number of rotatable bonds is 10. The van der Waals surface area contributed by atoms with Crippen molar-refractivity contribution in [1.82, 2.24) is 24.1 Å². The van der Waals surface area contributed by atoms with Gasteiger partial charge in [-0.2, -0.15) is 0 Å². The molecule has 1 aromatic heterocycles. The Kier molecular flexibility index (Phi) is 8.37. The number of piperazine rings is 1. The minimum Gasteiger partial charge on any atom is -0.349 e. The predicted octanol–water partition coefficient (Wildman–Crippen LogP) is 2.45. The first-order chi connectivity index (χ1) is 19.1. The third-order valence-corrected chi connectivity index (χ3v) is 9.57. The largest absolute Gasteiger partial charge is 0.349 e. The lowest BCUT2D eigenvalue weighted by Gasteiger charge is -2.33. The van der Waals surface area contributed by atoms with Crippen LogP contribution >= 0.6 is 0 Å². The van der Waals surface area contributed by atoms with Gasteiger partial charge in [0.05, 0.1) is 10.6 Å². The van der Waals surface area contributed by atoms with Crippen molar-refractivity contribution < 1.29 is 12.8 Å². The summed E-state index contributed by atoms with van der Waals surface area (Å²) in [6.45, 7) is 3.95. The Morgan fingerprint density at radius 3 is 2.35 bits per heavy atom. The van der Waals surface area contributed by atoms with Crippen LogP contribution < -0.4 is 15.8 Å². The van der Waals surface area contributed by atoms with Crippen LogP contribution in [0.5, 0.6) is 0 Å². The van der Waals surface area contributed by atoms with E-state index in [1.165, 1.54) is 42.7 Å². The zero-order valence-electron chi connectivity index (χ0n) is 23.3. The Hall–Kier alpha value is -3.12. The number of benzene rings is 2. The Labute approximate surface area is 235 Å². The Balaban J connectivity index is 1.31. The maximum atomic E-state index is 13.6. The Morgan fingerprint density at radius 1 is 1.02 bits per heavy atom. The number of aryl methyl sites for hydroxylation is 1. The molecule has 40 heavy (non-hydrogen) atoms. The van der Waals surface area contributed by atoms with Crippen LogP contribution in [0.4, 0.5) is 10.2 Å². The van der Waals surface area contributed by atoms with Gasteiger partial charge in [-0.1, -0.05) is 12.1 Å². The molecule has 0 bridgehead atoms. The first-order valence-corrected chi connectivity index (χ1v) is 15.2. The van der Waals surface area contributed by atoms with Crippen LogP contribution in [-0.2, 0) is 16.4 Å². The summed E-state index contributed by atoms with van der Waals surface area (Å²) in [6, 6.07) is 13.5. The number of aromatic nitrogens is 2. The third kappa shape index (κ3) is 6.27. The van der Waals surface area contributed by atoms with Gasteiger partial charge in [-0.25, -0.2) is 22.1 Å². The third-order valence-electron chi connectivity index (χ3n) is 7.74. The molecule has 1 saturated carbocycles. The summed E-state index contributed by atoms with van der Waals surface area (Å²) >= 11 is 0. The van der Waals surface area contributed by atoms with Crippen molar-refractivity contribution in [3.05, 3.63) is 82.2 Å².